The number of hydrogen-bond donors (Lipinski definition) is 1. The van der Waals surface area contributed by atoms with Crippen LogP contribution >= 0.6 is 11.6 Å². The first-order valence-electron chi connectivity index (χ1n) is 6.93. The van der Waals surface area contributed by atoms with Gasteiger partial charge in [0.05, 0.1) is 11.1 Å². The van der Waals surface area contributed by atoms with Crippen LogP contribution in [-0.2, 0) is 4.79 Å². The molecule has 0 saturated heterocycles. The highest BCUT2D eigenvalue weighted by Gasteiger charge is 2.32. The SMILES string of the molecule is CC(Oc1ccc(F)cc1Cl)C(=O)N(C)CC(O)C1CC1. The monoisotopic (exact) mass is 315 g/mol. The lowest BCUT2D eigenvalue weighted by Gasteiger charge is -2.24. The molecule has 4 nitrogen and oxygen atoms in total. The first kappa shape index (κ1) is 16.0. The van der Waals surface area contributed by atoms with Crippen molar-refractivity contribution in [2.45, 2.75) is 32.0 Å². The molecule has 2 unspecified atom stereocenters. The Kier molecular flexibility index (Phi) is 5.06. The lowest BCUT2D eigenvalue weighted by Crippen LogP contribution is -2.42. The quantitative estimate of drug-likeness (QED) is 0.877. The van der Waals surface area contributed by atoms with Gasteiger partial charge in [-0.3, -0.25) is 4.79 Å². The number of hydrogen-bond acceptors (Lipinski definition) is 3. The molecular formula is C15H19ClFNO3. The summed E-state index contributed by atoms with van der Waals surface area (Å²) < 4.78 is 18.4. The third-order valence-electron chi connectivity index (χ3n) is 3.55. The molecule has 0 radical (unpaired) electrons. The van der Waals surface area contributed by atoms with Crippen LogP contribution in [0, 0.1) is 11.7 Å². The van der Waals surface area contributed by atoms with E-state index in [0.29, 0.717) is 5.92 Å². The maximum Gasteiger partial charge on any atom is 0.263 e. The Balaban J connectivity index is 1.91. The zero-order valence-corrected chi connectivity index (χ0v) is 12.8. The van der Waals surface area contributed by atoms with Crippen molar-refractivity contribution in [3.8, 4) is 5.75 Å². The van der Waals surface area contributed by atoms with Gasteiger partial charge in [-0.1, -0.05) is 11.6 Å². The lowest BCUT2D eigenvalue weighted by molar-refractivity contribution is -0.138. The van der Waals surface area contributed by atoms with Gasteiger partial charge in [-0.25, -0.2) is 4.39 Å². The van der Waals surface area contributed by atoms with Crippen LogP contribution in [0.3, 0.4) is 0 Å². The first-order valence-corrected chi connectivity index (χ1v) is 7.31. The van der Waals surface area contributed by atoms with E-state index in [2.05, 4.69) is 0 Å². The van der Waals surface area contributed by atoms with Gasteiger partial charge in [0.25, 0.3) is 5.91 Å². The van der Waals surface area contributed by atoms with Crippen LogP contribution < -0.4 is 4.74 Å². The van der Waals surface area contributed by atoms with E-state index in [1.165, 1.54) is 17.0 Å². The molecule has 6 heteroatoms. The molecular weight excluding hydrogens is 297 g/mol. The highest BCUT2D eigenvalue weighted by atomic mass is 35.5. The largest absolute Gasteiger partial charge is 0.479 e. The highest BCUT2D eigenvalue weighted by Crippen LogP contribution is 2.32. The molecule has 21 heavy (non-hydrogen) atoms. The molecule has 2 rings (SSSR count). The molecule has 1 fully saturated rings. The number of carbonyl (C=O) groups is 1. The average molecular weight is 316 g/mol. The Hall–Kier alpha value is -1.33. The van der Waals surface area contributed by atoms with E-state index < -0.39 is 18.0 Å². The van der Waals surface area contributed by atoms with Crippen molar-refractivity contribution in [3.05, 3.63) is 29.0 Å². The number of rotatable bonds is 6. The minimum Gasteiger partial charge on any atom is -0.479 e. The zero-order valence-electron chi connectivity index (χ0n) is 12.1. The molecule has 1 amide bonds. The molecule has 0 aliphatic heterocycles. The summed E-state index contributed by atoms with van der Waals surface area (Å²) >= 11 is 5.86. The van der Waals surface area contributed by atoms with Crippen LogP contribution in [0.2, 0.25) is 5.02 Å². The number of halogens is 2. The Morgan fingerprint density at radius 3 is 2.81 bits per heavy atom. The van der Waals surface area contributed by atoms with Crippen molar-refractivity contribution in [3.63, 3.8) is 0 Å². The summed E-state index contributed by atoms with van der Waals surface area (Å²) in [5, 5.41) is 9.98. The number of benzene rings is 1. The van der Waals surface area contributed by atoms with Crippen molar-refractivity contribution in [1.82, 2.24) is 4.90 Å². The fourth-order valence-corrected chi connectivity index (χ4v) is 2.33. The van der Waals surface area contributed by atoms with E-state index in [0.717, 1.165) is 18.9 Å². The van der Waals surface area contributed by atoms with Crippen molar-refractivity contribution in [2.75, 3.05) is 13.6 Å². The van der Waals surface area contributed by atoms with Gasteiger partial charge in [0, 0.05) is 13.6 Å². The molecule has 1 aromatic rings. The Bertz CT molecular complexity index is 522. The maximum absolute atomic E-state index is 13.0. The number of ether oxygens (including phenoxy) is 1. The third kappa shape index (κ3) is 4.32. The van der Waals surface area contributed by atoms with Crippen LogP contribution in [0.4, 0.5) is 4.39 Å². The molecule has 1 aliphatic rings. The Morgan fingerprint density at radius 2 is 2.24 bits per heavy atom. The molecule has 116 valence electrons. The zero-order chi connectivity index (χ0) is 15.6. The van der Waals surface area contributed by atoms with Gasteiger partial charge >= 0.3 is 0 Å². The van der Waals surface area contributed by atoms with Crippen molar-refractivity contribution in [2.24, 2.45) is 5.92 Å². The van der Waals surface area contributed by atoms with Gasteiger partial charge < -0.3 is 14.7 Å². The van der Waals surface area contributed by atoms with Crippen LogP contribution in [0.15, 0.2) is 18.2 Å². The molecule has 1 aliphatic carbocycles. The normalized spacial score (nSPS) is 17.2. The van der Waals surface area contributed by atoms with E-state index in [1.54, 1.807) is 14.0 Å². The number of aliphatic hydroxyl groups is 1. The molecule has 1 N–H and O–H groups in total. The molecule has 0 heterocycles. The number of amides is 1. The standard InChI is InChI=1S/C15H19ClFNO3/c1-9(21-14-6-5-11(17)7-12(14)16)15(20)18(2)8-13(19)10-3-4-10/h5-7,9-10,13,19H,3-4,8H2,1-2H3. The van der Waals surface area contributed by atoms with Crippen LogP contribution in [-0.4, -0.2) is 41.7 Å². The second-order valence-electron chi connectivity index (χ2n) is 5.46. The van der Waals surface area contributed by atoms with Crippen molar-refractivity contribution in [1.29, 1.82) is 0 Å². The fraction of sp³-hybridized carbons (Fsp3) is 0.533. The summed E-state index contributed by atoms with van der Waals surface area (Å²) in [5.41, 5.74) is 0. The highest BCUT2D eigenvalue weighted by molar-refractivity contribution is 6.32. The summed E-state index contributed by atoms with van der Waals surface area (Å²) in [6.07, 6.45) is 0.783. The summed E-state index contributed by atoms with van der Waals surface area (Å²) in [5.74, 6) is -0.149. The molecule has 1 aromatic carbocycles. The fourth-order valence-electron chi connectivity index (χ4n) is 2.12. The van der Waals surface area contributed by atoms with Crippen LogP contribution in [0.25, 0.3) is 0 Å². The predicted octanol–water partition coefficient (Wildman–Crippen LogP) is 2.48. The molecule has 0 bridgehead atoms. The number of aliphatic hydroxyl groups excluding tert-OH is 1. The van der Waals surface area contributed by atoms with Crippen LogP contribution in [0.1, 0.15) is 19.8 Å². The third-order valence-corrected chi connectivity index (χ3v) is 3.84. The first-order chi connectivity index (χ1) is 9.88. The topological polar surface area (TPSA) is 49.8 Å². The summed E-state index contributed by atoms with van der Waals surface area (Å²) in [4.78, 5) is 13.6. The van der Waals surface area contributed by atoms with Gasteiger partial charge in [-0.15, -0.1) is 0 Å². The van der Waals surface area contributed by atoms with Gasteiger partial charge in [0.2, 0.25) is 0 Å². The summed E-state index contributed by atoms with van der Waals surface area (Å²) in [6.45, 7) is 1.89. The van der Waals surface area contributed by atoms with E-state index in [4.69, 9.17) is 16.3 Å². The van der Waals surface area contributed by atoms with Gasteiger partial charge in [0.15, 0.2) is 6.10 Å². The Labute approximate surface area is 128 Å². The number of likely N-dealkylation sites (N-methyl/N-ethyl adjacent to an activating group) is 1. The minimum atomic E-state index is -0.760. The van der Waals surface area contributed by atoms with Crippen molar-refractivity contribution < 1.29 is 19.0 Å². The van der Waals surface area contributed by atoms with E-state index in [9.17, 15) is 14.3 Å². The van der Waals surface area contributed by atoms with Crippen LogP contribution in [0.5, 0.6) is 5.75 Å². The molecule has 0 spiro atoms. The summed E-state index contributed by atoms with van der Waals surface area (Å²) in [7, 11) is 1.63. The van der Waals surface area contributed by atoms with Gasteiger partial charge in [-0.05, 0) is 43.9 Å². The van der Waals surface area contributed by atoms with E-state index in [1.807, 2.05) is 0 Å². The minimum absolute atomic E-state index is 0.121. The maximum atomic E-state index is 13.0. The second kappa shape index (κ2) is 6.62. The molecule has 1 saturated carbocycles. The van der Waals surface area contributed by atoms with E-state index in [-0.39, 0.29) is 23.2 Å². The molecule has 2 atom stereocenters. The van der Waals surface area contributed by atoms with Crippen molar-refractivity contribution >= 4 is 17.5 Å². The number of nitrogens with zero attached hydrogens (tertiary/aromatic N) is 1. The Morgan fingerprint density at radius 1 is 1.57 bits per heavy atom. The summed E-state index contributed by atoms with van der Waals surface area (Å²) in [6, 6.07) is 3.74. The average Bonchev–Trinajstić information content (AvgIpc) is 3.25. The van der Waals surface area contributed by atoms with Gasteiger partial charge in [-0.2, -0.15) is 0 Å². The molecule has 0 aromatic heterocycles. The van der Waals surface area contributed by atoms with E-state index >= 15 is 0 Å². The second-order valence-corrected chi connectivity index (χ2v) is 5.87. The predicted molar refractivity (Wildman–Crippen MR) is 77.9 cm³/mol. The lowest BCUT2D eigenvalue weighted by atomic mass is 10.2. The smallest absolute Gasteiger partial charge is 0.263 e. The number of carbonyl (C=O) groups excluding carboxylic acids is 1. The van der Waals surface area contributed by atoms with Gasteiger partial charge in [0.1, 0.15) is 11.6 Å².